The van der Waals surface area contributed by atoms with E-state index in [0.29, 0.717) is 5.75 Å². The Morgan fingerprint density at radius 2 is 1.90 bits per heavy atom. The normalized spacial score (nSPS) is 14.9. The second-order valence-electron chi connectivity index (χ2n) is 7.86. The molecule has 0 atom stereocenters. The number of amides is 1. The summed E-state index contributed by atoms with van der Waals surface area (Å²) < 4.78 is 2.04. The third kappa shape index (κ3) is 4.99. The quantitative estimate of drug-likeness (QED) is 0.545. The number of anilines is 1. The van der Waals surface area contributed by atoms with Gasteiger partial charge in [0.25, 0.3) is 0 Å². The molecule has 1 aliphatic rings. The molecule has 0 aliphatic heterocycles. The number of rotatable bonds is 7. The molecule has 2 aromatic carbocycles. The molecule has 5 nitrogen and oxygen atoms in total. The van der Waals surface area contributed by atoms with Gasteiger partial charge in [0.15, 0.2) is 5.16 Å². The van der Waals surface area contributed by atoms with Crippen molar-refractivity contribution in [1.29, 1.82) is 0 Å². The third-order valence-corrected chi connectivity index (χ3v) is 6.84. The van der Waals surface area contributed by atoms with Crippen molar-refractivity contribution >= 4 is 34.1 Å². The summed E-state index contributed by atoms with van der Waals surface area (Å²) in [5.74, 6) is 2.14. The molecular formula is C23H28N4OS. The SMILES string of the molecule is Cn1c(CCC2CCCCC2)nnc1SCC(=O)Nc1cccc2ccccc12. The molecule has 0 unspecified atom stereocenters. The van der Waals surface area contributed by atoms with E-state index >= 15 is 0 Å². The van der Waals surface area contributed by atoms with E-state index in [4.69, 9.17) is 0 Å². The van der Waals surface area contributed by atoms with E-state index in [1.807, 2.05) is 54.1 Å². The van der Waals surface area contributed by atoms with Gasteiger partial charge in [0, 0.05) is 24.5 Å². The topological polar surface area (TPSA) is 59.8 Å². The number of carbonyl (C=O) groups is 1. The molecule has 0 bridgehead atoms. The number of fused-ring (bicyclic) bond motifs is 1. The fraction of sp³-hybridized carbons (Fsp3) is 0.435. The number of benzene rings is 2. The van der Waals surface area contributed by atoms with Crippen LogP contribution in [0.5, 0.6) is 0 Å². The van der Waals surface area contributed by atoms with Gasteiger partial charge < -0.3 is 9.88 Å². The molecule has 1 fully saturated rings. The first-order valence-corrected chi connectivity index (χ1v) is 11.5. The predicted octanol–water partition coefficient (Wildman–Crippen LogP) is 5.21. The molecule has 1 amide bonds. The van der Waals surface area contributed by atoms with Crippen molar-refractivity contribution in [3.05, 3.63) is 48.3 Å². The molecule has 1 aliphatic carbocycles. The molecule has 6 heteroatoms. The largest absolute Gasteiger partial charge is 0.325 e. The van der Waals surface area contributed by atoms with Crippen molar-refractivity contribution in [1.82, 2.24) is 14.8 Å². The van der Waals surface area contributed by atoms with Crippen LogP contribution in [0.25, 0.3) is 10.8 Å². The highest BCUT2D eigenvalue weighted by Crippen LogP contribution is 2.28. The Kier molecular flexibility index (Phi) is 6.49. The van der Waals surface area contributed by atoms with Gasteiger partial charge in [0.05, 0.1) is 5.75 Å². The van der Waals surface area contributed by atoms with E-state index in [2.05, 4.69) is 15.5 Å². The van der Waals surface area contributed by atoms with Gasteiger partial charge in [0.1, 0.15) is 5.82 Å². The summed E-state index contributed by atoms with van der Waals surface area (Å²) in [5.41, 5.74) is 0.847. The second-order valence-corrected chi connectivity index (χ2v) is 8.81. The van der Waals surface area contributed by atoms with Gasteiger partial charge in [-0.05, 0) is 23.8 Å². The first kappa shape index (κ1) is 20.0. The van der Waals surface area contributed by atoms with Gasteiger partial charge in [-0.3, -0.25) is 4.79 Å². The number of nitrogens with one attached hydrogen (secondary N) is 1. The van der Waals surface area contributed by atoms with Gasteiger partial charge in [-0.2, -0.15) is 0 Å². The number of aromatic nitrogens is 3. The number of hydrogen-bond acceptors (Lipinski definition) is 4. The van der Waals surface area contributed by atoms with Gasteiger partial charge in [0.2, 0.25) is 5.91 Å². The Balaban J connectivity index is 1.31. The average Bonchev–Trinajstić information content (AvgIpc) is 3.11. The molecule has 1 aromatic heterocycles. The highest BCUT2D eigenvalue weighted by atomic mass is 32.2. The van der Waals surface area contributed by atoms with Crippen molar-refractivity contribution in [2.24, 2.45) is 13.0 Å². The Morgan fingerprint density at radius 3 is 2.76 bits per heavy atom. The van der Waals surface area contributed by atoms with Crippen molar-refractivity contribution in [2.75, 3.05) is 11.1 Å². The number of nitrogens with zero attached hydrogens (tertiary/aromatic N) is 3. The molecular weight excluding hydrogens is 380 g/mol. The number of hydrogen-bond donors (Lipinski definition) is 1. The lowest BCUT2D eigenvalue weighted by molar-refractivity contribution is -0.113. The smallest absolute Gasteiger partial charge is 0.234 e. The highest BCUT2D eigenvalue weighted by molar-refractivity contribution is 7.99. The lowest BCUT2D eigenvalue weighted by atomic mass is 9.86. The molecule has 152 valence electrons. The maximum absolute atomic E-state index is 12.5. The van der Waals surface area contributed by atoms with E-state index < -0.39 is 0 Å². The Morgan fingerprint density at radius 1 is 1.10 bits per heavy atom. The molecule has 0 spiro atoms. The minimum absolute atomic E-state index is 0.0295. The molecule has 0 saturated heterocycles. The summed E-state index contributed by atoms with van der Waals surface area (Å²) in [7, 11) is 2.00. The predicted molar refractivity (Wildman–Crippen MR) is 119 cm³/mol. The monoisotopic (exact) mass is 408 g/mol. The van der Waals surface area contributed by atoms with Crippen LogP contribution >= 0.6 is 11.8 Å². The molecule has 4 rings (SSSR count). The van der Waals surface area contributed by atoms with Crippen LogP contribution in [0.2, 0.25) is 0 Å². The van der Waals surface area contributed by atoms with Crippen LogP contribution in [0.1, 0.15) is 44.3 Å². The summed E-state index contributed by atoms with van der Waals surface area (Å²) >= 11 is 1.44. The van der Waals surface area contributed by atoms with E-state index in [1.165, 1.54) is 50.3 Å². The molecule has 1 saturated carbocycles. The van der Waals surface area contributed by atoms with Crippen LogP contribution in [0.15, 0.2) is 47.6 Å². The standard InChI is InChI=1S/C23H28N4OS/c1-27-21(15-14-17-8-3-2-4-9-17)25-26-23(27)29-16-22(28)24-20-13-7-11-18-10-5-6-12-19(18)20/h5-7,10-13,17H,2-4,8-9,14-16H2,1H3,(H,24,28). The molecule has 3 aromatic rings. The van der Waals surface area contributed by atoms with Crippen LogP contribution in [-0.2, 0) is 18.3 Å². The zero-order chi connectivity index (χ0) is 20.1. The Hall–Kier alpha value is -2.34. The van der Waals surface area contributed by atoms with Gasteiger partial charge >= 0.3 is 0 Å². The summed E-state index contributed by atoms with van der Waals surface area (Å²) in [6, 6.07) is 14.0. The van der Waals surface area contributed by atoms with Gasteiger partial charge in [-0.1, -0.05) is 80.3 Å². The second kappa shape index (κ2) is 9.44. The summed E-state index contributed by atoms with van der Waals surface area (Å²) in [5, 5.41) is 14.7. The van der Waals surface area contributed by atoms with Crippen LogP contribution in [0.3, 0.4) is 0 Å². The van der Waals surface area contributed by atoms with E-state index in [-0.39, 0.29) is 5.91 Å². The molecule has 29 heavy (non-hydrogen) atoms. The van der Waals surface area contributed by atoms with Crippen molar-refractivity contribution in [3.63, 3.8) is 0 Å². The van der Waals surface area contributed by atoms with E-state index in [9.17, 15) is 4.79 Å². The van der Waals surface area contributed by atoms with Gasteiger partial charge in [-0.15, -0.1) is 10.2 Å². The number of carbonyl (C=O) groups excluding carboxylic acids is 1. The van der Waals surface area contributed by atoms with Gasteiger partial charge in [-0.25, -0.2) is 0 Å². The van der Waals surface area contributed by atoms with Crippen LogP contribution in [-0.4, -0.2) is 26.4 Å². The fourth-order valence-corrected chi connectivity index (χ4v) is 4.88. The van der Waals surface area contributed by atoms with Crippen LogP contribution in [0, 0.1) is 5.92 Å². The Bertz CT molecular complexity index is 973. The first-order valence-electron chi connectivity index (χ1n) is 10.5. The minimum Gasteiger partial charge on any atom is -0.325 e. The number of thioether (sulfide) groups is 1. The average molecular weight is 409 g/mol. The zero-order valence-electron chi connectivity index (χ0n) is 16.9. The van der Waals surface area contributed by atoms with Crippen molar-refractivity contribution < 1.29 is 4.79 Å². The fourth-order valence-electron chi connectivity index (χ4n) is 4.15. The third-order valence-electron chi connectivity index (χ3n) is 5.82. The van der Waals surface area contributed by atoms with E-state index in [0.717, 1.165) is 39.8 Å². The van der Waals surface area contributed by atoms with Crippen molar-refractivity contribution in [2.45, 2.75) is 50.1 Å². The van der Waals surface area contributed by atoms with Crippen LogP contribution < -0.4 is 5.32 Å². The first-order chi connectivity index (χ1) is 14.2. The molecule has 1 heterocycles. The maximum Gasteiger partial charge on any atom is 0.234 e. The Labute approximate surface area is 176 Å². The number of aryl methyl sites for hydroxylation is 1. The maximum atomic E-state index is 12.5. The zero-order valence-corrected chi connectivity index (χ0v) is 17.8. The summed E-state index contributed by atoms with van der Waals surface area (Å²) in [4.78, 5) is 12.5. The summed E-state index contributed by atoms with van der Waals surface area (Å²) in [6.45, 7) is 0. The van der Waals surface area contributed by atoms with Crippen LogP contribution in [0.4, 0.5) is 5.69 Å². The minimum atomic E-state index is -0.0295. The molecule has 0 radical (unpaired) electrons. The lowest BCUT2D eigenvalue weighted by Gasteiger charge is -2.20. The summed E-state index contributed by atoms with van der Waals surface area (Å²) in [6.07, 6.45) is 9.01. The van der Waals surface area contributed by atoms with Crippen molar-refractivity contribution in [3.8, 4) is 0 Å². The highest BCUT2D eigenvalue weighted by Gasteiger charge is 2.16. The molecule has 1 N–H and O–H groups in total. The van der Waals surface area contributed by atoms with E-state index in [1.54, 1.807) is 0 Å². The lowest BCUT2D eigenvalue weighted by Crippen LogP contribution is -2.14.